The van der Waals surface area contributed by atoms with Crippen LogP contribution >= 0.6 is 27.5 Å². The summed E-state index contributed by atoms with van der Waals surface area (Å²) in [6.45, 7) is 3.51. The third-order valence-corrected chi connectivity index (χ3v) is 2.83. The summed E-state index contributed by atoms with van der Waals surface area (Å²) in [5.74, 6) is 0.550. The van der Waals surface area contributed by atoms with Crippen molar-refractivity contribution in [3.05, 3.63) is 22.6 Å². The maximum Gasteiger partial charge on any atom is 0.166 e. The van der Waals surface area contributed by atoms with Crippen molar-refractivity contribution >= 4 is 33.3 Å². The molecular formula is C11H15BrClFN2. The number of nitrogens with zero attached hydrogens (tertiary/aromatic N) is 2. The lowest BCUT2D eigenvalue weighted by molar-refractivity contribution is 0.604. The van der Waals surface area contributed by atoms with Crippen LogP contribution in [0, 0.1) is 5.82 Å². The van der Waals surface area contributed by atoms with Crippen LogP contribution in [-0.4, -0.2) is 24.0 Å². The summed E-state index contributed by atoms with van der Waals surface area (Å²) in [5.41, 5.74) is 0. The molecule has 0 atom stereocenters. The van der Waals surface area contributed by atoms with Gasteiger partial charge in [0.1, 0.15) is 0 Å². The molecule has 0 aliphatic carbocycles. The van der Waals surface area contributed by atoms with Gasteiger partial charge in [0, 0.05) is 29.6 Å². The monoisotopic (exact) mass is 308 g/mol. The molecule has 90 valence electrons. The van der Waals surface area contributed by atoms with E-state index >= 15 is 0 Å². The van der Waals surface area contributed by atoms with Crippen molar-refractivity contribution in [1.82, 2.24) is 4.98 Å². The number of anilines is 1. The predicted octanol–water partition coefficient (Wildman–Crippen LogP) is 3.83. The summed E-state index contributed by atoms with van der Waals surface area (Å²) in [5, 5.41) is 0. The molecular weight excluding hydrogens is 294 g/mol. The van der Waals surface area contributed by atoms with E-state index in [1.165, 1.54) is 6.07 Å². The number of aromatic nitrogens is 1. The van der Waals surface area contributed by atoms with E-state index in [1.807, 2.05) is 4.90 Å². The van der Waals surface area contributed by atoms with Gasteiger partial charge in [-0.25, -0.2) is 9.37 Å². The molecule has 0 N–H and O–H groups in total. The van der Waals surface area contributed by atoms with Gasteiger partial charge in [0.25, 0.3) is 0 Å². The van der Waals surface area contributed by atoms with E-state index in [1.54, 1.807) is 6.20 Å². The Morgan fingerprint density at radius 1 is 1.50 bits per heavy atom. The van der Waals surface area contributed by atoms with Crippen LogP contribution in [0.4, 0.5) is 10.2 Å². The molecule has 2 nitrogen and oxygen atoms in total. The number of unbranched alkanes of at least 4 members (excludes halogenated alkanes) is 1. The average molecular weight is 310 g/mol. The van der Waals surface area contributed by atoms with Crippen molar-refractivity contribution in [3.8, 4) is 0 Å². The molecule has 0 fully saturated rings. The number of hydrogen-bond acceptors (Lipinski definition) is 2. The maximum absolute atomic E-state index is 13.7. The Balaban J connectivity index is 2.82. The molecule has 0 saturated carbocycles. The molecule has 0 amide bonds. The number of halogens is 3. The molecule has 1 heterocycles. The third kappa shape index (κ3) is 3.91. The highest BCUT2D eigenvalue weighted by molar-refractivity contribution is 9.10. The molecule has 0 unspecified atom stereocenters. The van der Waals surface area contributed by atoms with Crippen LogP contribution < -0.4 is 4.90 Å². The Labute approximate surface area is 109 Å². The van der Waals surface area contributed by atoms with Crippen LogP contribution in [0.5, 0.6) is 0 Å². The van der Waals surface area contributed by atoms with Crippen molar-refractivity contribution in [3.63, 3.8) is 0 Å². The van der Waals surface area contributed by atoms with Gasteiger partial charge in [-0.15, -0.1) is 11.6 Å². The standard InChI is InChI=1S/C11H15BrClFN2/c1-2-3-5-16(6-4-13)11-10(14)7-9(12)8-15-11/h7-8H,2-6H2,1H3. The van der Waals surface area contributed by atoms with E-state index in [0.29, 0.717) is 22.7 Å². The van der Waals surface area contributed by atoms with E-state index in [9.17, 15) is 4.39 Å². The lowest BCUT2D eigenvalue weighted by Gasteiger charge is -2.22. The Bertz CT molecular complexity index is 336. The Morgan fingerprint density at radius 2 is 2.25 bits per heavy atom. The molecule has 0 spiro atoms. The van der Waals surface area contributed by atoms with E-state index < -0.39 is 0 Å². The second kappa shape index (κ2) is 7.07. The van der Waals surface area contributed by atoms with Gasteiger partial charge in [-0.05, 0) is 28.4 Å². The molecule has 1 aromatic rings. The second-order valence-corrected chi connectivity index (χ2v) is 4.78. The lowest BCUT2D eigenvalue weighted by atomic mass is 10.3. The minimum Gasteiger partial charge on any atom is -0.353 e. The van der Waals surface area contributed by atoms with Crippen LogP contribution in [0.25, 0.3) is 0 Å². The van der Waals surface area contributed by atoms with Crippen molar-refractivity contribution in [2.45, 2.75) is 19.8 Å². The highest BCUT2D eigenvalue weighted by Crippen LogP contribution is 2.20. The first-order chi connectivity index (χ1) is 7.69. The van der Waals surface area contributed by atoms with Crippen molar-refractivity contribution < 1.29 is 4.39 Å². The summed E-state index contributed by atoms with van der Waals surface area (Å²) in [6.07, 6.45) is 3.68. The highest BCUT2D eigenvalue weighted by atomic mass is 79.9. The summed E-state index contributed by atoms with van der Waals surface area (Å²) in [7, 11) is 0. The van der Waals surface area contributed by atoms with Crippen LogP contribution in [-0.2, 0) is 0 Å². The number of pyridine rings is 1. The normalized spacial score (nSPS) is 10.5. The summed E-state index contributed by atoms with van der Waals surface area (Å²) in [6, 6.07) is 1.43. The first-order valence-electron chi connectivity index (χ1n) is 5.31. The summed E-state index contributed by atoms with van der Waals surface area (Å²) in [4.78, 5) is 5.98. The molecule has 1 aromatic heterocycles. The van der Waals surface area contributed by atoms with Crippen molar-refractivity contribution in [1.29, 1.82) is 0 Å². The van der Waals surface area contributed by atoms with Crippen LogP contribution in [0.1, 0.15) is 19.8 Å². The molecule has 0 saturated heterocycles. The van der Waals surface area contributed by atoms with Gasteiger partial charge < -0.3 is 4.90 Å². The fraction of sp³-hybridized carbons (Fsp3) is 0.545. The fourth-order valence-electron chi connectivity index (χ4n) is 1.41. The number of rotatable bonds is 6. The Kier molecular flexibility index (Phi) is 6.06. The van der Waals surface area contributed by atoms with Crippen molar-refractivity contribution in [2.24, 2.45) is 0 Å². The first-order valence-corrected chi connectivity index (χ1v) is 6.63. The number of alkyl halides is 1. The van der Waals surface area contributed by atoms with Gasteiger partial charge in [0.2, 0.25) is 0 Å². The summed E-state index contributed by atoms with van der Waals surface area (Å²) >= 11 is 8.90. The SMILES string of the molecule is CCCCN(CCCl)c1ncc(Br)cc1F. The predicted molar refractivity (Wildman–Crippen MR) is 69.7 cm³/mol. The lowest BCUT2D eigenvalue weighted by Crippen LogP contribution is -2.28. The first kappa shape index (κ1) is 13.7. The fourth-order valence-corrected chi connectivity index (χ4v) is 1.92. The zero-order valence-corrected chi connectivity index (χ0v) is 11.6. The van der Waals surface area contributed by atoms with Gasteiger partial charge in [-0.3, -0.25) is 0 Å². The average Bonchev–Trinajstić information content (AvgIpc) is 2.25. The summed E-state index contributed by atoms with van der Waals surface area (Å²) < 4.78 is 14.3. The van der Waals surface area contributed by atoms with Gasteiger partial charge >= 0.3 is 0 Å². The highest BCUT2D eigenvalue weighted by Gasteiger charge is 2.12. The largest absolute Gasteiger partial charge is 0.353 e. The van der Waals surface area contributed by atoms with Crippen LogP contribution in [0.15, 0.2) is 16.7 Å². The maximum atomic E-state index is 13.7. The molecule has 0 aliphatic heterocycles. The molecule has 0 radical (unpaired) electrons. The molecule has 0 aromatic carbocycles. The quantitative estimate of drug-likeness (QED) is 0.743. The Morgan fingerprint density at radius 3 is 2.81 bits per heavy atom. The molecule has 0 bridgehead atoms. The topological polar surface area (TPSA) is 16.1 Å². The van der Waals surface area contributed by atoms with Crippen LogP contribution in [0.3, 0.4) is 0 Å². The van der Waals surface area contributed by atoms with Gasteiger partial charge in [-0.2, -0.15) is 0 Å². The van der Waals surface area contributed by atoms with Gasteiger partial charge in [0.15, 0.2) is 11.6 Å². The minimum absolute atomic E-state index is 0.310. The molecule has 5 heteroatoms. The minimum atomic E-state index is -0.310. The smallest absolute Gasteiger partial charge is 0.166 e. The van der Waals surface area contributed by atoms with Gasteiger partial charge in [-0.1, -0.05) is 13.3 Å². The van der Waals surface area contributed by atoms with Gasteiger partial charge in [0.05, 0.1) is 0 Å². The van der Waals surface area contributed by atoms with E-state index in [4.69, 9.17) is 11.6 Å². The van der Waals surface area contributed by atoms with Crippen molar-refractivity contribution in [2.75, 3.05) is 23.9 Å². The van der Waals surface area contributed by atoms with Crippen LogP contribution in [0.2, 0.25) is 0 Å². The van der Waals surface area contributed by atoms with E-state index in [2.05, 4.69) is 27.8 Å². The zero-order chi connectivity index (χ0) is 12.0. The molecule has 16 heavy (non-hydrogen) atoms. The zero-order valence-electron chi connectivity index (χ0n) is 9.22. The Hall–Kier alpha value is -0.350. The second-order valence-electron chi connectivity index (χ2n) is 3.49. The third-order valence-electron chi connectivity index (χ3n) is 2.22. The molecule has 0 aliphatic rings. The molecule has 1 rings (SSSR count). The van der Waals surface area contributed by atoms with E-state index in [-0.39, 0.29) is 5.82 Å². The van der Waals surface area contributed by atoms with E-state index in [0.717, 1.165) is 19.4 Å². The number of hydrogen-bond donors (Lipinski definition) is 0.